The Morgan fingerprint density at radius 3 is 2.88 bits per heavy atom. The first-order valence-electron chi connectivity index (χ1n) is 8.57. The van der Waals surface area contributed by atoms with E-state index in [0.717, 1.165) is 37.7 Å². The summed E-state index contributed by atoms with van der Waals surface area (Å²) in [5, 5.41) is 7.21. The Morgan fingerprint density at radius 1 is 1.29 bits per heavy atom. The predicted octanol–water partition coefficient (Wildman–Crippen LogP) is 2.73. The number of carbonyl (C=O) groups excluding carboxylic acids is 1. The van der Waals surface area contributed by atoms with Gasteiger partial charge >= 0.3 is 0 Å². The van der Waals surface area contributed by atoms with Gasteiger partial charge in [-0.1, -0.05) is 18.6 Å². The summed E-state index contributed by atoms with van der Waals surface area (Å²) in [5.41, 5.74) is 1.13. The van der Waals surface area contributed by atoms with Crippen LogP contribution < -0.4 is 5.32 Å². The third kappa shape index (κ3) is 4.63. The summed E-state index contributed by atoms with van der Waals surface area (Å²) in [6.07, 6.45) is 8.58. The highest BCUT2D eigenvalue weighted by atomic mass is 19.1. The van der Waals surface area contributed by atoms with Gasteiger partial charge in [-0.3, -0.25) is 9.48 Å². The molecule has 1 N–H and O–H groups in total. The van der Waals surface area contributed by atoms with E-state index in [0.29, 0.717) is 18.9 Å². The number of rotatable bonds is 7. The molecule has 0 spiro atoms. The van der Waals surface area contributed by atoms with Gasteiger partial charge in [-0.2, -0.15) is 5.10 Å². The molecule has 0 unspecified atom stereocenters. The summed E-state index contributed by atoms with van der Waals surface area (Å²) in [4.78, 5) is 16.1. The topological polar surface area (TPSA) is 59.8 Å². The number of hydrogen-bond acceptors (Lipinski definition) is 3. The van der Waals surface area contributed by atoms with Gasteiger partial charge in [0.05, 0.1) is 0 Å². The van der Waals surface area contributed by atoms with Crippen LogP contribution in [0.2, 0.25) is 0 Å². The summed E-state index contributed by atoms with van der Waals surface area (Å²) in [7, 11) is 0. The number of carbonyl (C=O) groups is 1. The van der Waals surface area contributed by atoms with E-state index in [1.54, 1.807) is 11.0 Å². The maximum atomic E-state index is 13.0. The lowest BCUT2D eigenvalue weighted by Crippen LogP contribution is -2.38. The maximum Gasteiger partial charge on any atom is 0.220 e. The summed E-state index contributed by atoms with van der Waals surface area (Å²) >= 11 is 0. The van der Waals surface area contributed by atoms with E-state index in [4.69, 9.17) is 0 Å². The Labute approximate surface area is 141 Å². The van der Waals surface area contributed by atoms with Gasteiger partial charge in [-0.15, -0.1) is 0 Å². The largest absolute Gasteiger partial charge is 0.353 e. The van der Waals surface area contributed by atoms with Crippen molar-refractivity contribution in [1.82, 2.24) is 20.1 Å². The monoisotopic (exact) mass is 330 g/mol. The van der Waals surface area contributed by atoms with Crippen LogP contribution in [0.4, 0.5) is 4.39 Å². The van der Waals surface area contributed by atoms with E-state index in [9.17, 15) is 9.18 Å². The highest BCUT2D eigenvalue weighted by molar-refractivity contribution is 5.76. The molecule has 6 heteroatoms. The van der Waals surface area contributed by atoms with Crippen molar-refractivity contribution in [1.29, 1.82) is 0 Å². The summed E-state index contributed by atoms with van der Waals surface area (Å²) < 4.78 is 14.7. The van der Waals surface area contributed by atoms with Crippen LogP contribution in [0.5, 0.6) is 0 Å². The van der Waals surface area contributed by atoms with E-state index in [2.05, 4.69) is 15.4 Å². The molecule has 1 heterocycles. The van der Waals surface area contributed by atoms with Crippen molar-refractivity contribution >= 4 is 5.91 Å². The number of aryl methyl sites for hydroxylation is 1. The van der Waals surface area contributed by atoms with Gasteiger partial charge in [-0.25, -0.2) is 9.37 Å². The minimum absolute atomic E-state index is 0.103. The molecule has 0 bridgehead atoms. The lowest BCUT2D eigenvalue weighted by molar-refractivity contribution is -0.122. The number of halogens is 1. The van der Waals surface area contributed by atoms with Crippen LogP contribution in [-0.4, -0.2) is 26.7 Å². The van der Waals surface area contributed by atoms with Crippen molar-refractivity contribution in [3.63, 3.8) is 0 Å². The fourth-order valence-corrected chi connectivity index (χ4v) is 3.42. The molecule has 1 fully saturated rings. The zero-order chi connectivity index (χ0) is 16.8. The Hall–Kier alpha value is -2.24. The third-order valence-electron chi connectivity index (χ3n) is 4.67. The average Bonchev–Trinajstić information content (AvgIpc) is 3.22. The number of benzene rings is 1. The van der Waals surface area contributed by atoms with Gasteiger partial charge in [-0.05, 0) is 49.3 Å². The molecule has 128 valence electrons. The highest BCUT2D eigenvalue weighted by Gasteiger charge is 2.28. The van der Waals surface area contributed by atoms with Gasteiger partial charge in [0.15, 0.2) is 0 Å². The molecule has 0 aliphatic heterocycles. The van der Waals surface area contributed by atoms with E-state index < -0.39 is 0 Å². The standard InChI is InChI=1S/C18H23FN4O/c19-16-8-6-14(7-9-16)11-15-3-1-4-17(15)22-18(24)5-2-10-23-13-20-12-21-23/h6-9,12-13,15,17H,1-5,10-11H2,(H,22,24)/t15-,17-/m1/s1. The number of nitrogens with one attached hydrogen (secondary N) is 1. The van der Waals surface area contributed by atoms with Crippen LogP contribution >= 0.6 is 0 Å². The van der Waals surface area contributed by atoms with E-state index >= 15 is 0 Å². The predicted molar refractivity (Wildman–Crippen MR) is 88.6 cm³/mol. The fraction of sp³-hybridized carbons (Fsp3) is 0.500. The van der Waals surface area contributed by atoms with Crippen molar-refractivity contribution in [3.05, 3.63) is 48.3 Å². The number of hydrogen-bond donors (Lipinski definition) is 1. The van der Waals surface area contributed by atoms with Gasteiger partial charge < -0.3 is 5.32 Å². The molecule has 2 atom stereocenters. The minimum Gasteiger partial charge on any atom is -0.353 e. The summed E-state index contributed by atoms with van der Waals surface area (Å²) in [6.45, 7) is 0.705. The van der Waals surface area contributed by atoms with Gasteiger partial charge in [0, 0.05) is 19.0 Å². The Kier molecular flexibility index (Phi) is 5.56. The highest BCUT2D eigenvalue weighted by Crippen LogP contribution is 2.29. The molecule has 0 radical (unpaired) electrons. The molecule has 5 nitrogen and oxygen atoms in total. The van der Waals surface area contributed by atoms with Crippen molar-refractivity contribution in [2.24, 2.45) is 5.92 Å². The average molecular weight is 330 g/mol. The molecule has 1 saturated carbocycles. The lowest BCUT2D eigenvalue weighted by atomic mass is 9.94. The first-order valence-corrected chi connectivity index (χ1v) is 8.57. The van der Waals surface area contributed by atoms with Gasteiger partial charge in [0.2, 0.25) is 5.91 Å². The number of aromatic nitrogens is 3. The molecular formula is C18H23FN4O. The zero-order valence-electron chi connectivity index (χ0n) is 13.7. The summed E-state index contributed by atoms with van der Waals surface area (Å²) in [6, 6.07) is 6.91. The second-order valence-corrected chi connectivity index (χ2v) is 6.46. The van der Waals surface area contributed by atoms with Crippen LogP contribution in [0.3, 0.4) is 0 Å². The van der Waals surface area contributed by atoms with E-state index in [1.807, 2.05) is 12.1 Å². The first kappa shape index (κ1) is 16.6. The molecule has 1 aliphatic carbocycles. The smallest absolute Gasteiger partial charge is 0.220 e. The molecule has 1 aromatic carbocycles. The molecule has 3 rings (SSSR count). The van der Waals surface area contributed by atoms with E-state index in [1.165, 1.54) is 18.5 Å². The molecular weight excluding hydrogens is 307 g/mol. The Bertz CT molecular complexity index is 642. The van der Waals surface area contributed by atoms with Crippen LogP contribution in [0.15, 0.2) is 36.9 Å². The third-order valence-corrected chi connectivity index (χ3v) is 4.67. The van der Waals surface area contributed by atoms with Crippen molar-refractivity contribution in [2.45, 2.75) is 51.1 Å². The maximum absolute atomic E-state index is 13.0. The molecule has 1 aliphatic rings. The van der Waals surface area contributed by atoms with Crippen molar-refractivity contribution in [3.8, 4) is 0 Å². The molecule has 1 amide bonds. The molecule has 1 aromatic heterocycles. The minimum atomic E-state index is -0.206. The van der Waals surface area contributed by atoms with Crippen LogP contribution in [0.1, 0.15) is 37.7 Å². The van der Waals surface area contributed by atoms with Crippen molar-refractivity contribution in [2.75, 3.05) is 0 Å². The Morgan fingerprint density at radius 2 is 2.12 bits per heavy atom. The van der Waals surface area contributed by atoms with E-state index in [-0.39, 0.29) is 17.8 Å². The van der Waals surface area contributed by atoms with Gasteiger partial charge in [0.1, 0.15) is 18.5 Å². The number of nitrogens with zero attached hydrogens (tertiary/aromatic N) is 3. The SMILES string of the molecule is O=C(CCCn1cncn1)N[C@@H]1CCC[C@@H]1Cc1ccc(F)cc1. The second-order valence-electron chi connectivity index (χ2n) is 6.46. The van der Waals surface area contributed by atoms with Crippen LogP contribution in [0.25, 0.3) is 0 Å². The van der Waals surface area contributed by atoms with Crippen molar-refractivity contribution < 1.29 is 9.18 Å². The van der Waals surface area contributed by atoms with Crippen LogP contribution in [-0.2, 0) is 17.8 Å². The molecule has 24 heavy (non-hydrogen) atoms. The second kappa shape index (κ2) is 8.04. The van der Waals surface area contributed by atoms with Crippen LogP contribution in [0, 0.1) is 11.7 Å². The van der Waals surface area contributed by atoms with Gasteiger partial charge in [0.25, 0.3) is 0 Å². The first-order chi connectivity index (χ1) is 11.7. The molecule has 0 saturated heterocycles. The molecule has 2 aromatic rings. The normalized spacial score (nSPS) is 20.2. The lowest BCUT2D eigenvalue weighted by Gasteiger charge is -2.21. The zero-order valence-corrected chi connectivity index (χ0v) is 13.7. The fourth-order valence-electron chi connectivity index (χ4n) is 3.42. The Balaban J connectivity index is 1.44. The quantitative estimate of drug-likeness (QED) is 0.849. The number of amides is 1. The summed E-state index contributed by atoms with van der Waals surface area (Å²) in [5.74, 6) is 0.336.